The predicted molar refractivity (Wildman–Crippen MR) is 84.6 cm³/mol. The summed E-state index contributed by atoms with van der Waals surface area (Å²) in [5.74, 6) is 0.167. The summed E-state index contributed by atoms with van der Waals surface area (Å²) >= 11 is 0. The number of halogens is 1. The highest BCUT2D eigenvalue weighted by atomic mass is 19.1. The molecule has 0 aliphatic heterocycles. The molecule has 3 nitrogen and oxygen atoms in total. The van der Waals surface area contributed by atoms with Crippen LogP contribution >= 0.6 is 0 Å². The molecule has 0 bridgehead atoms. The lowest BCUT2D eigenvalue weighted by Crippen LogP contribution is -2.45. The molecule has 0 aromatic heterocycles. The summed E-state index contributed by atoms with van der Waals surface area (Å²) in [6, 6.07) is 6.74. The molecule has 4 heteroatoms. The van der Waals surface area contributed by atoms with Crippen LogP contribution in [0.25, 0.3) is 0 Å². The van der Waals surface area contributed by atoms with Gasteiger partial charge in [-0.1, -0.05) is 31.4 Å². The Morgan fingerprint density at radius 1 is 1.18 bits per heavy atom. The molecule has 2 saturated carbocycles. The van der Waals surface area contributed by atoms with Gasteiger partial charge in [0.15, 0.2) is 0 Å². The van der Waals surface area contributed by atoms with Gasteiger partial charge in [0.25, 0.3) is 0 Å². The summed E-state index contributed by atoms with van der Waals surface area (Å²) in [5, 5.41) is 3.26. The normalized spacial score (nSPS) is 27.0. The minimum atomic E-state index is -0.312. The maximum Gasteiger partial charge on any atom is 0.221 e. The molecule has 1 aromatic carbocycles. The molecule has 0 spiro atoms. The highest BCUT2D eigenvalue weighted by molar-refractivity contribution is 5.77. The minimum absolute atomic E-state index is 0.0913. The van der Waals surface area contributed by atoms with Gasteiger partial charge in [-0.3, -0.25) is 4.79 Å². The number of nitrogens with two attached hydrogens (primary N) is 1. The molecule has 1 aromatic rings. The van der Waals surface area contributed by atoms with E-state index in [0.717, 1.165) is 50.5 Å². The van der Waals surface area contributed by atoms with Gasteiger partial charge in [0.1, 0.15) is 5.82 Å². The molecule has 22 heavy (non-hydrogen) atoms. The summed E-state index contributed by atoms with van der Waals surface area (Å²) in [7, 11) is 0. The summed E-state index contributed by atoms with van der Waals surface area (Å²) in [6.45, 7) is 0. The largest absolute Gasteiger partial charge is 0.347 e. The number of hydrogen-bond donors (Lipinski definition) is 2. The zero-order valence-electron chi connectivity index (χ0n) is 13.0. The Morgan fingerprint density at radius 3 is 2.45 bits per heavy atom. The predicted octanol–water partition coefficient (Wildman–Crippen LogP) is 3.23. The van der Waals surface area contributed by atoms with Crippen LogP contribution in [-0.4, -0.2) is 11.9 Å². The van der Waals surface area contributed by atoms with Crippen molar-refractivity contribution in [1.29, 1.82) is 0 Å². The third-order valence-corrected chi connectivity index (χ3v) is 5.40. The van der Waals surface area contributed by atoms with E-state index in [1.165, 1.54) is 12.1 Å². The number of benzene rings is 1. The number of carbonyl (C=O) groups is 1. The van der Waals surface area contributed by atoms with Crippen LogP contribution < -0.4 is 11.1 Å². The fraction of sp³-hybridized carbons (Fsp3) is 0.611. The summed E-state index contributed by atoms with van der Waals surface area (Å²) in [6.07, 6.45) is 7.79. The Morgan fingerprint density at radius 2 is 1.86 bits per heavy atom. The van der Waals surface area contributed by atoms with E-state index in [0.29, 0.717) is 12.3 Å². The second-order valence-electron chi connectivity index (χ2n) is 6.90. The molecule has 0 radical (unpaired) electrons. The van der Waals surface area contributed by atoms with Crippen molar-refractivity contribution in [2.45, 2.75) is 62.9 Å². The van der Waals surface area contributed by atoms with E-state index in [1.807, 2.05) is 12.1 Å². The van der Waals surface area contributed by atoms with Gasteiger partial charge in [-0.15, -0.1) is 0 Å². The van der Waals surface area contributed by atoms with E-state index in [1.54, 1.807) is 0 Å². The van der Waals surface area contributed by atoms with Crippen LogP contribution in [0.3, 0.4) is 0 Å². The second kappa shape index (κ2) is 6.37. The number of amides is 1. The first-order valence-corrected chi connectivity index (χ1v) is 8.42. The van der Waals surface area contributed by atoms with Crippen molar-refractivity contribution >= 4 is 5.91 Å². The van der Waals surface area contributed by atoms with E-state index in [9.17, 15) is 9.18 Å². The number of nitrogens with one attached hydrogen (secondary N) is 1. The van der Waals surface area contributed by atoms with E-state index in [4.69, 9.17) is 5.73 Å². The van der Waals surface area contributed by atoms with E-state index >= 15 is 0 Å². The molecule has 2 aliphatic carbocycles. The molecule has 3 N–H and O–H groups in total. The van der Waals surface area contributed by atoms with Gasteiger partial charge in [0.2, 0.25) is 5.91 Å². The fourth-order valence-corrected chi connectivity index (χ4v) is 4.11. The molecule has 0 unspecified atom stereocenters. The number of rotatable bonds is 4. The fourth-order valence-electron chi connectivity index (χ4n) is 4.11. The van der Waals surface area contributed by atoms with Crippen molar-refractivity contribution in [1.82, 2.24) is 5.32 Å². The van der Waals surface area contributed by atoms with Gasteiger partial charge in [-0.25, -0.2) is 4.39 Å². The first-order valence-electron chi connectivity index (χ1n) is 8.42. The van der Waals surface area contributed by atoms with Crippen molar-refractivity contribution in [3.05, 3.63) is 35.6 Å². The zero-order chi connectivity index (χ0) is 15.6. The highest BCUT2D eigenvalue weighted by Gasteiger charge is 2.38. The lowest BCUT2D eigenvalue weighted by Gasteiger charge is -2.32. The highest BCUT2D eigenvalue weighted by Crippen LogP contribution is 2.39. The lowest BCUT2D eigenvalue weighted by atomic mass is 9.87. The third kappa shape index (κ3) is 3.17. The van der Waals surface area contributed by atoms with Crippen LogP contribution in [0.15, 0.2) is 24.3 Å². The Labute approximate surface area is 131 Å². The molecular formula is C18H25FN2O. The van der Waals surface area contributed by atoms with Crippen molar-refractivity contribution in [2.75, 3.05) is 0 Å². The van der Waals surface area contributed by atoms with Gasteiger partial charge in [-0.2, -0.15) is 0 Å². The molecule has 2 atom stereocenters. The average Bonchev–Trinajstić information content (AvgIpc) is 3.11. The average molecular weight is 304 g/mol. The zero-order valence-corrected chi connectivity index (χ0v) is 13.0. The van der Waals surface area contributed by atoms with E-state index < -0.39 is 0 Å². The number of carbonyl (C=O) groups excluding carboxylic acids is 1. The lowest BCUT2D eigenvalue weighted by molar-refractivity contribution is -0.124. The topological polar surface area (TPSA) is 55.1 Å². The Bertz CT molecular complexity index is 522. The molecule has 2 fully saturated rings. The maximum atomic E-state index is 13.2. The quantitative estimate of drug-likeness (QED) is 0.897. The van der Waals surface area contributed by atoms with Crippen LogP contribution in [0.5, 0.6) is 0 Å². The molecule has 0 heterocycles. The molecule has 1 amide bonds. The summed E-state index contributed by atoms with van der Waals surface area (Å²) < 4.78 is 13.2. The minimum Gasteiger partial charge on any atom is -0.347 e. The van der Waals surface area contributed by atoms with Gasteiger partial charge < -0.3 is 11.1 Å². The van der Waals surface area contributed by atoms with E-state index in [2.05, 4.69) is 5.32 Å². The molecule has 0 saturated heterocycles. The SMILES string of the molecule is N[C@@H]1CCC[C@H]1CC(=O)NC1(c2ccc(F)cc2)CCCC1. The standard InChI is InChI=1S/C18H25FN2O/c19-15-8-6-14(7-9-15)18(10-1-2-11-18)21-17(22)12-13-4-3-5-16(13)20/h6-9,13,16H,1-5,10-12,20H2,(H,21,22)/t13-,16+/m0/s1. The Balaban J connectivity index is 1.71. The van der Waals surface area contributed by atoms with E-state index in [-0.39, 0.29) is 23.3 Å². The second-order valence-corrected chi connectivity index (χ2v) is 6.90. The monoisotopic (exact) mass is 304 g/mol. The summed E-state index contributed by atoms with van der Waals surface area (Å²) in [5.41, 5.74) is 6.79. The van der Waals surface area contributed by atoms with Crippen molar-refractivity contribution in [3.63, 3.8) is 0 Å². The first-order chi connectivity index (χ1) is 10.6. The van der Waals surface area contributed by atoms with Crippen molar-refractivity contribution < 1.29 is 9.18 Å². The van der Waals surface area contributed by atoms with Crippen LogP contribution in [0.2, 0.25) is 0 Å². The Kier molecular flexibility index (Phi) is 4.48. The van der Waals surface area contributed by atoms with Crippen LogP contribution in [0.1, 0.15) is 56.9 Å². The van der Waals surface area contributed by atoms with Gasteiger partial charge in [-0.05, 0) is 49.3 Å². The van der Waals surface area contributed by atoms with Gasteiger partial charge in [0.05, 0.1) is 5.54 Å². The van der Waals surface area contributed by atoms with Crippen LogP contribution in [-0.2, 0) is 10.3 Å². The number of hydrogen-bond acceptors (Lipinski definition) is 2. The molecular weight excluding hydrogens is 279 g/mol. The van der Waals surface area contributed by atoms with Gasteiger partial charge >= 0.3 is 0 Å². The molecule has 120 valence electrons. The van der Waals surface area contributed by atoms with Crippen molar-refractivity contribution in [3.8, 4) is 0 Å². The summed E-state index contributed by atoms with van der Waals surface area (Å²) in [4.78, 5) is 12.5. The third-order valence-electron chi connectivity index (χ3n) is 5.40. The van der Waals surface area contributed by atoms with Crippen LogP contribution in [0.4, 0.5) is 4.39 Å². The molecule has 2 aliphatic rings. The first kappa shape index (κ1) is 15.5. The Hall–Kier alpha value is -1.42. The van der Waals surface area contributed by atoms with Crippen LogP contribution in [0, 0.1) is 11.7 Å². The maximum absolute atomic E-state index is 13.2. The van der Waals surface area contributed by atoms with Crippen molar-refractivity contribution in [2.24, 2.45) is 11.7 Å². The smallest absolute Gasteiger partial charge is 0.221 e. The molecule has 3 rings (SSSR count). The van der Waals surface area contributed by atoms with Gasteiger partial charge in [0, 0.05) is 12.5 Å².